The summed E-state index contributed by atoms with van der Waals surface area (Å²) in [5, 5.41) is 3.77. The van der Waals surface area contributed by atoms with E-state index in [9.17, 15) is 4.39 Å². The van der Waals surface area contributed by atoms with Gasteiger partial charge in [-0.2, -0.15) is 0 Å². The lowest BCUT2D eigenvalue weighted by Gasteiger charge is -2.49. The Bertz CT molecular complexity index is 460. The number of hydrogen-bond donors (Lipinski definition) is 1. The molecule has 1 aromatic rings. The van der Waals surface area contributed by atoms with E-state index in [1.165, 1.54) is 0 Å². The zero-order chi connectivity index (χ0) is 14.8. The minimum Gasteiger partial charge on any atom is -0.311 e. The first kappa shape index (κ1) is 15.7. The molecule has 112 valence electrons. The monoisotopic (exact) mass is 298 g/mol. The van der Waals surface area contributed by atoms with Crippen molar-refractivity contribution in [1.82, 2.24) is 10.2 Å². The van der Waals surface area contributed by atoms with E-state index in [4.69, 9.17) is 11.6 Å². The molecule has 2 rings (SSSR count). The SMILES string of the molecule is CCC1(CC)CNC(C)CN1Cc1cccc(Cl)c1F. The van der Waals surface area contributed by atoms with Crippen LogP contribution in [0.25, 0.3) is 0 Å². The van der Waals surface area contributed by atoms with Gasteiger partial charge in [-0.15, -0.1) is 0 Å². The van der Waals surface area contributed by atoms with Crippen molar-refractivity contribution in [3.63, 3.8) is 0 Å². The molecule has 1 fully saturated rings. The van der Waals surface area contributed by atoms with Gasteiger partial charge in [0.2, 0.25) is 0 Å². The molecule has 1 saturated heterocycles. The summed E-state index contributed by atoms with van der Waals surface area (Å²) in [7, 11) is 0. The summed E-state index contributed by atoms with van der Waals surface area (Å²) in [6, 6.07) is 5.70. The van der Waals surface area contributed by atoms with E-state index >= 15 is 0 Å². The lowest BCUT2D eigenvalue weighted by molar-refractivity contribution is 0.0270. The van der Waals surface area contributed by atoms with Crippen molar-refractivity contribution in [1.29, 1.82) is 0 Å². The van der Waals surface area contributed by atoms with Gasteiger partial charge in [0, 0.05) is 36.8 Å². The number of nitrogens with zero attached hydrogens (tertiary/aromatic N) is 1. The van der Waals surface area contributed by atoms with Gasteiger partial charge in [0.15, 0.2) is 0 Å². The Morgan fingerprint density at radius 1 is 1.40 bits per heavy atom. The highest BCUT2D eigenvalue weighted by Gasteiger charge is 2.37. The van der Waals surface area contributed by atoms with Crippen molar-refractivity contribution in [2.24, 2.45) is 0 Å². The molecule has 1 N–H and O–H groups in total. The fourth-order valence-electron chi connectivity index (χ4n) is 3.12. The van der Waals surface area contributed by atoms with Crippen molar-refractivity contribution in [2.45, 2.75) is 51.7 Å². The van der Waals surface area contributed by atoms with Crippen molar-refractivity contribution in [2.75, 3.05) is 13.1 Å². The van der Waals surface area contributed by atoms with E-state index < -0.39 is 0 Å². The fourth-order valence-corrected chi connectivity index (χ4v) is 3.31. The molecule has 1 heterocycles. The molecule has 2 nitrogen and oxygen atoms in total. The maximum Gasteiger partial charge on any atom is 0.146 e. The fraction of sp³-hybridized carbons (Fsp3) is 0.625. The summed E-state index contributed by atoms with van der Waals surface area (Å²) < 4.78 is 14.1. The quantitative estimate of drug-likeness (QED) is 0.909. The summed E-state index contributed by atoms with van der Waals surface area (Å²) in [5.41, 5.74) is 0.805. The second-order valence-corrected chi connectivity index (χ2v) is 6.21. The Morgan fingerprint density at radius 3 is 2.75 bits per heavy atom. The summed E-state index contributed by atoms with van der Waals surface area (Å²) >= 11 is 5.89. The third-order valence-electron chi connectivity index (χ3n) is 4.65. The maximum absolute atomic E-state index is 14.1. The Balaban J connectivity index is 2.25. The lowest BCUT2D eigenvalue weighted by atomic mass is 9.87. The van der Waals surface area contributed by atoms with Crippen LogP contribution in [0.4, 0.5) is 4.39 Å². The van der Waals surface area contributed by atoms with Gasteiger partial charge < -0.3 is 5.32 Å². The van der Waals surface area contributed by atoms with E-state index in [-0.39, 0.29) is 16.4 Å². The lowest BCUT2D eigenvalue weighted by Crippen LogP contribution is -2.63. The average molecular weight is 299 g/mol. The molecular formula is C16H24ClFN2. The van der Waals surface area contributed by atoms with Crippen molar-refractivity contribution in [3.05, 3.63) is 34.6 Å². The normalized spacial score (nSPS) is 22.9. The van der Waals surface area contributed by atoms with E-state index in [0.717, 1.165) is 25.9 Å². The second kappa shape index (κ2) is 6.42. The third kappa shape index (κ3) is 3.00. The first-order valence-electron chi connectivity index (χ1n) is 7.43. The largest absolute Gasteiger partial charge is 0.311 e. The first-order valence-corrected chi connectivity index (χ1v) is 7.81. The van der Waals surface area contributed by atoms with Gasteiger partial charge in [-0.3, -0.25) is 4.90 Å². The highest BCUT2D eigenvalue weighted by molar-refractivity contribution is 6.30. The molecule has 0 aromatic heterocycles. The molecule has 0 amide bonds. The molecule has 0 bridgehead atoms. The predicted octanol–water partition coefficient (Wildman–Crippen LogP) is 3.83. The number of halogens is 2. The van der Waals surface area contributed by atoms with Crippen LogP contribution in [-0.4, -0.2) is 29.6 Å². The summed E-state index contributed by atoms with van der Waals surface area (Å²) in [6.45, 7) is 9.12. The Kier molecular flexibility index (Phi) is 5.05. The van der Waals surface area contributed by atoms with Crippen molar-refractivity contribution in [3.8, 4) is 0 Å². The predicted molar refractivity (Wildman–Crippen MR) is 82.6 cm³/mol. The summed E-state index contributed by atoms with van der Waals surface area (Å²) in [5.74, 6) is -0.276. The highest BCUT2D eigenvalue weighted by atomic mass is 35.5. The van der Waals surface area contributed by atoms with Crippen LogP contribution in [-0.2, 0) is 6.54 Å². The second-order valence-electron chi connectivity index (χ2n) is 5.81. The van der Waals surface area contributed by atoms with Crippen LogP contribution in [0.5, 0.6) is 0 Å². The molecule has 1 aromatic carbocycles. The van der Waals surface area contributed by atoms with Crippen molar-refractivity contribution < 1.29 is 4.39 Å². The van der Waals surface area contributed by atoms with Gasteiger partial charge in [0.1, 0.15) is 5.82 Å². The molecule has 1 aliphatic rings. The summed E-state index contributed by atoms with van der Waals surface area (Å²) in [4.78, 5) is 2.42. The van der Waals surface area contributed by atoms with Crippen molar-refractivity contribution >= 4 is 11.6 Å². The van der Waals surface area contributed by atoms with Gasteiger partial charge >= 0.3 is 0 Å². The first-order chi connectivity index (χ1) is 9.52. The Morgan fingerprint density at radius 2 is 2.10 bits per heavy atom. The molecular weight excluding hydrogens is 275 g/mol. The number of nitrogens with one attached hydrogen (secondary N) is 1. The van der Waals surface area contributed by atoms with Gasteiger partial charge in [0.25, 0.3) is 0 Å². The van der Waals surface area contributed by atoms with E-state index in [1.54, 1.807) is 6.07 Å². The molecule has 0 saturated carbocycles. The zero-order valence-electron chi connectivity index (χ0n) is 12.5. The topological polar surface area (TPSA) is 15.3 Å². The molecule has 0 aliphatic carbocycles. The van der Waals surface area contributed by atoms with Gasteiger partial charge in [-0.1, -0.05) is 37.6 Å². The van der Waals surface area contributed by atoms with Crippen LogP contribution in [0.2, 0.25) is 5.02 Å². The van der Waals surface area contributed by atoms with Gasteiger partial charge in [-0.25, -0.2) is 4.39 Å². The third-order valence-corrected chi connectivity index (χ3v) is 4.95. The average Bonchev–Trinajstić information content (AvgIpc) is 2.45. The standard InChI is InChI=1S/C16H24ClFN2/c1-4-16(5-2)11-19-12(3)9-20(16)10-13-7-6-8-14(17)15(13)18/h6-8,12,19H,4-5,9-11H2,1-3H3. The number of benzene rings is 1. The molecule has 20 heavy (non-hydrogen) atoms. The van der Waals surface area contributed by atoms with Crippen LogP contribution in [0.3, 0.4) is 0 Å². The highest BCUT2D eigenvalue weighted by Crippen LogP contribution is 2.30. The van der Waals surface area contributed by atoms with E-state index in [0.29, 0.717) is 18.2 Å². The molecule has 1 atom stereocenters. The van der Waals surface area contributed by atoms with E-state index in [2.05, 4.69) is 31.0 Å². The molecule has 0 spiro atoms. The number of piperazine rings is 1. The van der Waals surface area contributed by atoms with E-state index in [1.807, 2.05) is 12.1 Å². The Hall–Kier alpha value is -0.640. The molecule has 0 radical (unpaired) electrons. The van der Waals surface area contributed by atoms with Gasteiger partial charge in [-0.05, 0) is 25.8 Å². The van der Waals surface area contributed by atoms with Crippen LogP contribution in [0.1, 0.15) is 39.2 Å². The van der Waals surface area contributed by atoms with Crippen LogP contribution in [0.15, 0.2) is 18.2 Å². The minimum atomic E-state index is -0.276. The number of hydrogen-bond acceptors (Lipinski definition) is 2. The van der Waals surface area contributed by atoms with Crippen LogP contribution < -0.4 is 5.32 Å². The minimum absolute atomic E-state index is 0.112. The molecule has 4 heteroatoms. The van der Waals surface area contributed by atoms with Crippen LogP contribution in [0, 0.1) is 5.82 Å². The van der Waals surface area contributed by atoms with Crippen LogP contribution >= 0.6 is 11.6 Å². The Labute approximate surface area is 126 Å². The smallest absolute Gasteiger partial charge is 0.146 e. The maximum atomic E-state index is 14.1. The number of rotatable bonds is 4. The summed E-state index contributed by atoms with van der Waals surface area (Å²) in [6.07, 6.45) is 2.12. The molecule has 1 unspecified atom stereocenters. The zero-order valence-corrected chi connectivity index (χ0v) is 13.3. The van der Waals surface area contributed by atoms with Gasteiger partial charge in [0.05, 0.1) is 5.02 Å². The molecule has 1 aliphatic heterocycles.